The van der Waals surface area contributed by atoms with Gasteiger partial charge in [0.15, 0.2) is 0 Å². The predicted octanol–water partition coefficient (Wildman–Crippen LogP) is 2.23. The van der Waals surface area contributed by atoms with Crippen LogP contribution in [-0.2, 0) is 0 Å². The van der Waals surface area contributed by atoms with E-state index in [1.54, 1.807) is 6.20 Å². The molecule has 2 rings (SSSR count). The van der Waals surface area contributed by atoms with Crippen LogP contribution in [0.1, 0.15) is 0 Å². The second-order valence-electron chi connectivity index (χ2n) is 2.31. The van der Waals surface area contributed by atoms with Crippen LogP contribution in [0.4, 0.5) is 0 Å². The highest BCUT2D eigenvalue weighted by Gasteiger charge is 1.99. The Morgan fingerprint density at radius 3 is 2.75 bits per heavy atom. The molecule has 0 atom stereocenters. The third-order valence-corrected chi connectivity index (χ3v) is 1.92. The van der Waals surface area contributed by atoms with Gasteiger partial charge >= 0.3 is 0 Å². The van der Waals surface area contributed by atoms with Gasteiger partial charge in [0, 0.05) is 6.20 Å². The summed E-state index contributed by atoms with van der Waals surface area (Å²) in [5, 5.41) is 6.76. The molecular weight excluding hydrogens is 218 g/mol. The average molecular weight is 224 g/mol. The molecular formula is C8H6BrN3. The summed E-state index contributed by atoms with van der Waals surface area (Å²) in [7, 11) is 0. The highest BCUT2D eigenvalue weighted by molar-refractivity contribution is 9.10. The molecule has 0 bridgehead atoms. The standard InChI is InChI=1S/C8H6BrN3/c9-8-3-1-2-6(11-8)7-4-5-10-12-7/h1-5H,(H,10,12). The van der Waals surface area contributed by atoms with Crippen LogP contribution in [0.25, 0.3) is 11.4 Å². The van der Waals surface area contributed by atoms with E-state index in [2.05, 4.69) is 31.1 Å². The highest BCUT2D eigenvalue weighted by atomic mass is 79.9. The zero-order valence-corrected chi connectivity index (χ0v) is 7.75. The lowest BCUT2D eigenvalue weighted by Gasteiger charge is -1.94. The molecule has 0 aliphatic carbocycles. The lowest BCUT2D eigenvalue weighted by atomic mass is 10.3. The van der Waals surface area contributed by atoms with Crippen molar-refractivity contribution in [1.29, 1.82) is 0 Å². The minimum Gasteiger partial charge on any atom is -0.285 e. The second kappa shape index (κ2) is 3.06. The van der Waals surface area contributed by atoms with E-state index in [1.165, 1.54) is 0 Å². The number of aromatic nitrogens is 3. The molecule has 1 N–H and O–H groups in total. The number of rotatable bonds is 1. The molecule has 60 valence electrons. The third kappa shape index (κ3) is 1.38. The Morgan fingerprint density at radius 1 is 1.17 bits per heavy atom. The maximum atomic E-state index is 4.25. The van der Waals surface area contributed by atoms with Crippen LogP contribution in [0.5, 0.6) is 0 Å². The van der Waals surface area contributed by atoms with Crippen LogP contribution >= 0.6 is 15.9 Å². The van der Waals surface area contributed by atoms with Gasteiger partial charge in [-0.1, -0.05) is 6.07 Å². The summed E-state index contributed by atoms with van der Waals surface area (Å²) in [6.45, 7) is 0. The lowest BCUT2D eigenvalue weighted by Crippen LogP contribution is -1.83. The zero-order valence-electron chi connectivity index (χ0n) is 6.16. The average Bonchev–Trinajstić information content (AvgIpc) is 2.56. The summed E-state index contributed by atoms with van der Waals surface area (Å²) in [6, 6.07) is 7.62. The molecule has 2 aromatic heterocycles. The molecule has 0 saturated carbocycles. The van der Waals surface area contributed by atoms with Gasteiger partial charge in [-0.25, -0.2) is 4.98 Å². The largest absolute Gasteiger partial charge is 0.285 e. The van der Waals surface area contributed by atoms with Crippen LogP contribution in [0, 0.1) is 0 Å². The maximum Gasteiger partial charge on any atom is 0.110 e. The molecule has 12 heavy (non-hydrogen) atoms. The van der Waals surface area contributed by atoms with Crippen molar-refractivity contribution < 1.29 is 0 Å². The van der Waals surface area contributed by atoms with Crippen LogP contribution in [0.3, 0.4) is 0 Å². The first-order valence-corrected chi connectivity index (χ1v) is 4.28. The molecule has 2 heterocycles. The molecule has 0 spiro atoms. The second-order valence-corrected chi connectivity index (χ2v) is 3.12. The van der Waals surface area contributed by atoms with E-state index in [1.807, 2.05) is 24.3 Å². The normalized spacial score (nSPS) is 10.1. The Bertz CT molecular complexity index is 370. The minimum absolute atomic E-state index is 0.822. The monoisotopic (exact) mass is 223 g/mol. The molecule has 0 amide bonds. The predicted molar refractivity (Wildman–Crippen MR) is 49.5 cm³/mol. The lowest BCUT2D eigenvalue weighted by molar-refractivity contribution is 1.08. The van der Waals surface area contributed by atoms with E-state index in [-0.39, 0.29) is 0 Å². The topological polar surface area (TPSA) is 41.6 Å². The van der Waals surface area contributed by atoms with Crippen molar-refractivity contribution in [3.05, 3.63) is 35.1 Å². The van der Waals surface area contributed by atoms with Gasteiger partial charge in [-0.15, -0.1) is 0 Å². The number of halogens is 1. The van der Waals surface area contributed by atoms with Crippen LogP contribution in [0.15, 0.2) is 35.1 Å². The Balaban J connectivity index is 2.48. The van der Waals surface area contributed by atoms with E-state index in [4.69, 9.17) is 0 Å². The first-order chi connectivity index (χ1) is 5.86. The Labute approximate surface area is 78.0 Å². The fourth-order valence-corrected chi connectivity index (χ4v) is 1.30. The van der Waals surface area contributed by atoms with Crippen LogP contribution in [0.2, 0.25) is 0 Å². The summed E-state index contributed by atoms with van der Waals surface area (Å²) in [5.74, 6) is 0. The first kappa shape index (κ1) is 7.49. The fraction of sp³-hybridized carbons (Fsp3) is 0. The molecule has 0 aliphatic rings. The van der Waals surface area contributed by atoms with Crippen LogP contribution in [-0.4, -0.2) is 15.2 Å². The number of pyridine rings is 1. The third-order valence-electron chi connectivity index (χ3n) is 1.48. The highest BCUT2D eigenvalue weighted by Crippen LogP contribution is 2.15. The van der Waals surface area contributed by atoms with Gasteiger partial charge in [0.2, 0.25) is 0 Å². The smallest absolute Gasteiger partial charge is 0.110 e. The van der Waals surface area contributed by atoms with E-state index < -0.39 is 0 Å². The molecule has 0 saturated heterocycles. The van der Waals surface area contributed by atoms with Gasteiger partial charge in [-0.2, -0.15) is 5.10 Å². The SMILES string of the molecule is Brc1cccc(-c2cc[nH]n2)n1. The molecule has 0 aromatic carbocycles. The van der Waals surface area contributed by atoms with Gasteiger partial charge in [0.1, 0.15) is 10.3 Å². The molecule has 4 heteroatoms. The van der Waals surface area contributed by atoms with Gasteiger partial charge < -0.3 is 0 Å². The van der Waals surface area contributed by atoms with Crippen LogP contribution < -0.4 is 0 Å². The number of H-pyrrole nitrogens is 1. The van der Waals surface area contributed by atoms with Crippen molar-refractivity contribution in [2.75, 3.05) is 0 Å². The Kier molecular flexibility index (Phi) is 1.91. The van der Waals surface area contributed by atoms with Crippen molar-refractivity contribution in [3.63, 3.8) is 0 Å². The summed E-state index contributed by atoms with van der Waals surface area (Å²) in [6.07, 6.45) is 1.78. The number of nitrogens with one attached hydrogen (secondary N) is 1. The minimum atomic E-state index is 0.822. The van der Waals surface area contributed by atoms with Gasteiger partial charge in [0.05, 0.1) is 5.69 Å². The van der Waals surface area contributed by atoms with Gasteiger partial charge in [-0.3, -0.25) is 5.10 Å². The Hall–Kier alpha value is -1.16. The number of hydrogen-bond acceptors (Lipinski definition) is 2. The molecule has 0 aliphatic heterocycles. The van der Waals surface area contributed by atoms with E-state index in [0.717, 1.165) is 16.0 Å². The quantitative estimate of drug-likeness (QED) is 0.754. The van der Waals surface area contributed by atoms with E-state index >= 15 is 0 Å². The van der Waals surface area contributed by atoms with E-state index in [9.17, 15) is 0 Å². The van der Waals surface area contributed by atoms with Crippen molar-refractivity contribution >= 4 is 15.9 Å². The zero-order chi connectivity index (χ0) is 8.39. The van der Waals surface area contributed by atoms with Crippen molar-refractivity contribution in [3.8, 4) is 11.4 Å². The molecule has 0 radical (unpaired) electrons. The summed E-state index contributed by atoms with van der Waals surface area (Å²) >= 11 is 3.30. The summed E-state index contributed by atoms with van der Waals surface area (Å²) < 4.78 is 0.822. The van der Waals surface area contributed by atoms with Gasteiger partial charge in [0.25, 0.3) is 0 Å². The number of hydrogen-bond donors (Lipinski definition) is 1. The number of nitrogens with zero attached hydrogens (tertiary/aromatic N) is 2. The first-order valence-electron chi connectivity index (χ1n) is 3.49. The molecule has 0 fully saturated rings. The number of aromatic amines is 1. The van der Waals surface area contributed by atoms with Crippen molar-refractivity contribution in [2.24, 2.45) is 0 Å². The fourth-order valence-electron chi connectivity index (χ4n) is 0.954. The molecule has 0 unspecified atom stereocenters. The molecule has 2 aromatic rings. The van der Waals surface area contributed by atoms with Crippen molar-refractivity contribution in [2.45, 2.75) is 0 Å². The molecule has 3 nitrogen and oxygen atoms in total. The maximum absolute atomic E-state index is 4.25. The van der Waals surface area contributed by atoms with Crippen molar-refractivity contribution in [1.82, 2.24) is 15.2 Å². The summed E-state index contributed by atoms with van der Waals surface area (Å²) in [5.41, 5.74) is 1.72. The van der Waals surface area contributed by atoms with E-state index in [0.29, 0.717) is 0 Å². The Morgan fingerprint density at radius 2 is 2.08 bits per heavy atom. The summed E-state index contributed by atoms with van der Waals surface area (Å²) in [4.78, 5) is 4.25. The van der Waals surface area contributed by atoms with Gasteiger partial charge in [-0.05, 0) is 34.1 Å².